The summed E-state index contributed by atoms with van der Waals surface area (Å²) in [7, 11) is 3.42. The lowest BCUT2D eigenvalue weighted by atomic mass is 10.1. The lowest BCUT2D eigenvalue weighted by Crippen LogP contribution is -2.43. The number of nitrogens with zero attached hydrogens (tertiary/aromatic N) is 2. The number of amides is 1. The Kier molecular flexibility index (Phi) is 3.68. The van der Waals surface area contributed by atoms with Gasteiger partial charge in [-0.1, -0.05) is 0 Å². The van der Waals surface area contributed by atoms with Gasteiger partial charge in [0.05, 0.1) is 12.0 Å². The summed E-state index contributed by atoms with van der Waals surface area (Å²) in [6, 6.07) is -0.218. The smallest absolute Gasteiger partial charge is 0.307 e. The summed E-state index contributed by atoms with van der Waals surface area (Å²) in [4.78, 5) is 25.9. The second-order valence-corrected chi connectivity index (χ2v) is 4.23. The first-order valence-corrected chi connectivity index (χ1v) is 5.11. The summed E-state index contributed by atoms with van der Waals surface area (Å²) in [5.74, 6) is -1.05. The standard InChI is InChI=1S/C10H18N2O3/c1-7(9(13)11(2)3)12-5-4-8(6-12)10(14)15/h7-8H,4-6H2,1-3H3,(H,14,15). The minimum absolute atomic E-state index is 0.0287. The van der Waals surface area contributed by atoms with Crippen molar-refractivity contribution in [1.82, 2.24) is 9.80 Å². The Morgan fingerprint density at radius 2 is 2.07 bits per heavy atom. The molecule has 0 aromatic rings. The number of hydrogen-bond donors (Lipinski definition) is 1. The van der Waals surface area contributed by atoms with Crippen molar-refractivity contribution in [2.75, 3.05) is 27.2 Å². The first-order valence-electron chi connectivity index (χ1n) is 5.11. The third-order valence-electron chi connectivity index (χ3n) is 2.91. The number of carbonyl (C=O) groups excluding carboxylic acids is 1. The van der Waals surface area contributed by atoms with Gasteiger partial charge in [0.1, 0.15) is 0 Å². The molecule has 1 aliphatic heterocycles. The van der Waals surface area contributed by atoms with Crippen molar-refractivity contribution in [3.8, 4) is 0 Å². The molecular formula is C10H18N2O3. The third-order valence-corrected chi connectivity index (χ3v) is 2.91. The minimum atomic E-state index is -0.762. The highest BCUT2D eigenvalue weighted by Crippen LogP contribution is 2.19. The van der Waals surface area contributed by atoms with Crippen molar-refractivity contribution in [1.29, 1.82) is 0 Å². The van der Waals surface area contributed by atoms with Crippen LogP contribution in [0.5, 0.6) is 0 Å². The maximum atomic E-state index is 11.6. The summed E-state index contributed by atoms with van der Waals surface area (Å²) in [6.45, 7) is 3.00. The van der Waals surface area contributed by atoms with Crippen molar-refractivity contribution in [3.05, 3.63) is 0 Å². The number of carbonyl (C=O) groups is 2. The summed E-state index contributed by atoms with van der Waals surface area (Å²) in [6.07, 6.45) is 0.639. The van der Waals surface area contributed by atoms with Gasteiger partial charge >= 0.3 is 5.97 Å². The lowest BCUT2D eigenvalue weighted by Gasteiger charge is -2.25. The molecule has 0 bridgehead atoms. The van der Waals surface area contributed by atoms with E-state index in [0.717, 1.165) is 0 Å². The topological polar surface area (TPSA) is 60.9 Å². The molecule has 2 atom stereocenters. The van der Waals surface area contributed by atoms with Gasteiger partial charge in [-0.15, -0.1) is 0 Å². The van der Waals surface area contributed by atoms with Gasteiger partial charge in [0.25, 0.3) is 0 Å². The zero-order chi connectivity index (χ0) is 11.6. The number of likely N-dealkylation sites (N-methyl/N-ethyl adjacent to an activating group) is 1. The van der Waals surface area contributed by atoms with Gasteiger partial charge in [0.15, 0.2) is 0 Å². The summed E-state index contributed by atoms with van der Waals surface area (Å²) >= 11 is 0. The zero-order valence-corrected chi connectivity index (χ0v) is 9.43. The van der Waals surface area contributed by atoms with E-state index in [0.29, 0.717) is 19.5 Å². The predicted octanol–water partition coefficient (Wildman–Crippen LogP) is -0.130. The number of carboxylic acid groups (broad SMARTS) is 1. The first-order chi connectivity index (χ1) is 6.93. The highest BCUT2D eigenvalue weighted by molar-refractivity contribution is 5.81. The molecule has 1 rings (SSSR count). The van der Waals surface area contributed by atoms with Gasteiger partial charge in [0.2, 0.25) is 5.91 Å². The van der Waals surface area contributed by atoms with Crippen LogP contribution in [0, 0.1) is 5.92 Å². The fourth-order valence-corrected chi connectivity index (χ4v) is 1.87. The molecule has 15 heavy (non-hydrogen) atoms. The molecular weight excluding hydrogens is 196 g/mol. The molecule has 86 valence electrons. The Morgan fingerprint density at radius 3 is 2.47 bits per heavy atom. The molecule has 0 spiro atoms. The summed E-state index contributed by atoms with van der Waals surface area (Å²) in [5.41, 5.74) is 0. The SMILES string of the molecule is CC(C(=O)N(C)C)N1CCC(C(=O)O)C1. The molecule has 0 aliphatic carbocycles. The van der Waals surface area contributed by atoms with E-state index < -0.39 is 5.97 Å². The van der Waals surface area contributed by atoms with Crippen molar-refractivity contribution in [3.63, 3.8) is 0 Å². The molecule has 5 nitrogen and oxygen atoms in total. The van der Waals surface area contributed by atoms with Crippen LogP contribution in [0.2, 0.25) is 0 Å². The fraction of sp³-hybridized carbons (Fsp3) is 0.800. The van der Waals surface area contributed by atoms with E-state index in [1.807, 2.05) is 11.8 Å². The fourth-order valence-electron chi connectivity index (χ4n) is 1.87. The Bertz CT molecular complexity index is 265. The second kappa shape index (κ2) is 4.61. The van der Waals surface area contributed by atoms with E-state index in [-0.39, 0.29) is 17.9 Å². The second-order valence-electron chi connectivity index (χ2n) is 4.23. The van der Waals surface area contributed by atoms with E-state index >= 15 is 0 Å². The molecule has 0 radical (unpaired) electrons. The van der Waals surface area contributed by atoms with Gasteiger partial charge in [-0.2, -0.15) is 0 Å². The van der Waals surface area contributed by atoms with Crippen LogP contribution in [0.25, 0.3) is 0 Å². The van der Waals surface area contributed by atoms with Crippen LogP contribution in [-0.4, -0.2) is 60.0 Å². The molecule has 5 heteroatoms. The number of carboxylic acids is 1. The third kappa shape index (κ3) is 2.68. The average molecular weight is 214 g/mol. The molecule has 0 aromatic heterocycles. The first kappa shape index (κ1) is 12.0. The quantitative estimate of drug-likeness (QED) is 0.711. The molecule has 1 heterocycles. The van der Waals surface area contributed by atoms with Gasteiger partial charge in [-0.05, 0) is 19.9 Å². The number of hydrogen-bond acceptors (Lipinski definition) is 3. The Balaban J connectivity index is 2.53. The van der Waals surface area contributed by atoms with Crippen molar-refractivity contribution in [2.24, 2.45) is 5.92 Å². The van der Waals surface area contributed by atoms with Crippen LogP contribution in [0.4, 0.5) is 0 Å². The number of likely N-dealkylation sites (tertiary alicyclic amines) is 1. The highest BCUT2D eigenvalue weighted by Gasteiger charge is 2.33. The Morgan fingerprint density at radius 1 is 1.47 bits per heavy atom. The predicted molar refractivity (Wildman–Crippen MR) is 55.5 cm³/mol. The molecule has 0 saturated carbocycles. The number of aliphatic carboxylic acids is 1. The molecule has 1 amide bonds. The minimum Gasteiger partial charge on any atom is -0.481 e. The maximum Gasteiger partial charge on any atom is 0.307 e. The molecule has 1 fully saturated rings. The average Bonchev–Trinajstić information content (AvgIpc) is 2.64. The van der Waals surface area contributed by atoms with Gasteiger partial charge < -0.3 is 10.0 Å². The van der Waals surface area contributed by atoms with E-state index in [9.17, 15) is 9.59 Å². The van der Waals surface area contributed by atoms with E-state index in [1.165, 1.54) is 0 Å². The highest BCUT2D eigenvalue weighted by atomic mass is 16.4. The van der Waals surface area contributed by atoms with Crippen LogP contribution >= 0.6 is 0 Å². The Hall–Kier alpha value is -1.10. The van der Waals surface area contributed by atoms with Crippen molar-refractivity contribution < 1.29 is 14.7 Å². The van der Waals surface area contributed by atoms with Gasteiger partial charge in [-0.3, -0.25) is 14.5 Å². The summed E-state index contributed by atoms with van der Waals surface area (Å²) < 4.78 is 0. The summed E-state index contributed by atoms with van der Waals surface area (Å²) in [5, 5.41) is 8.84. The number of rotatable bonds is 3. The van der Waals surface area contributed by atoms with E-state index in [1.54, 1.807) is 19.0 Å². The lowest BCUT2D eigenvalue weighted by molar-refractivity contribution is -0.142. The van der Waals surface area contributed by atoms with Crippen LogP contribution in [0.1, 0.15) is 13.3 Å². The van der Waals surface area contributed by atoms with Crippen molar-refractivity contribution in [2.45, 2.75) is 19.4 Å². The monoisotopic (exact) mass is 214 g/mol. The van der Waals surface area contributed by atoms with Gasteiger partial charge in [0, 0.05) is 20.6 Å². The molecule has 1 aliphatic rings. The van der Waals surface area contributed by atoms with Crippen molar-refractivity contribution >= 4 is 11.9 Å². The molecule has 1 saturated heterocycles. The Labute approximate surface area is 89.7 Å². The largest absolute Gasteiger partial charge is 0.481 e. The zero-order valence-electron chi connectivity index (χ0n) is 9.43. The molecule has 1 N–H and O–H groups in total. The van der Waals surface area contributed by atoms with Gasteiger partial charge in [-0.25, -0.2) is 0 Å². The molecule has 0 aromatic carbocycles. The van der Waals surface area contributed by atoms with Crippen LogP contribution in [0.3, 0.4) is 0 Å². The van der Waals surface area contributed by atoms with E-state index in [2.05, 4.69) is 0 Å². The molecule has 2 unspecified atom stereocenters. The van der Waals surface area contributed by atoms with Crippen LogP contribution in [0.15, 0.2) is 0 Å². The normalized spacial score (nSPS) is 23.8. The van der Waals surface area contributed by atoms with E-state index in [4.69, 9.17) is 5.11 Å². The van der Waals surface area contributed by atoms with Crippen LogP contribution in [-0.2, 0) is 9.59 Å². The maximum absolute atomic E-state index is 11.6. The van der Waals surface area contributed by atoms with Crippen LogP contribution < -0.4 is 0 Å².